The Labute approximate surface area is 267 Å². The molecule has 1 aliphatic carbocycles. The Morgan fingerprint density at radius 3 is 2.60 bits per heavy atom. The number of nitrogens with zero attached hydrogens (tertiary/aromatic N) is 3. The number of aromatic nitrogens is 3. The van der Waals surface area contributed by atoms with Crippen molar-refractivity contribution < 1.29 is 19.0 Å². The summed E-state index contributed by atoms with van der Waals surface area (Å²) in [5.41, 5.74) is 9.36. The molecule has 0 spiro atoms. The number of anilines is 2. The van der Waals surface area contributed by atoms with Crippen molar-refractivity contribution in [2.45, 2.75) is 96.9 Å². The van der Waals surface area contributed by atoms with Gasteiger partial charge in [0.15, 0.2) is 5.82 Å². The quantitative estimate of drug-likeness (QED) is 0.169. The van der Waals surface area contributed by atoms with Crippen LogP contribution in [0.15, 0.2) is 30.5 Å². The lowest BCUT2D eigenvalue weighted by molar-refractivity contribution is -0.179. The molecule has 1 aromatic carbocycles. The SMILES string of the molecule is CCCCCNc1nc(N)nc2ccn(Cc3ccc(CNCC45CCC(CNC(=O)OC(C)(C)C)(CC4)OC5)cc3OC)c12. The minimum Gasteiger partial charge on any atom is -0.496 e. The first-order valence-corrected chi connectivity index (χ1v) is 16.4. The van der Waals surface area contributed by atoms with Crippen molar-refractivity contribution in [3.05, 3.63) is 41.6 Å². The second kappa shape index (κ2) is 13.8. The zero-order chi connectivity index (χ0) is 32.1. The maximum absolute atomic E-state index is 12.2. The summed E-state index contributed by atoms with van der Waals surface area (Å²) in [6.07, 6.45) is 9.09. The normalized spacial score (nSPS) is 21.2. The predicted molar refractivity (Wildman–Crippen MR) is 178 cm³/mol. The number of benzene rings is 1. The number of amides is 1. The lowest BCUT2D eigenvalue weighted by Gasteiger charge is -2.53. The summed E-state index contributed by atoms with van der Waals surface area (Å²) >= 11 is 0. The van der Waals surface area contributed by atoms with Gasteiger partial charge in [0.25, 0.3) is 0 Å². The van der Waals surface area contributed by atoms with Crippen LogP contribution in [0.1, 0.15) is 83.8 Å². The molecule has 246 valence electrons. The number of hydrogen-bond donors (Lipinski definition) is 4. The molecule has 0 unspecified atom stereocenters. The highest BCUT2D eigenvalue weighted by Gasteiger charge is 2.49. The molecular formula is C34H51N7O4. The standard InChI is InChI=1S/C34H51N7O4/c1-6-7-8-16-37-29-28-26(39-30(35)40-29)11-17-41(28)20-25-10-9-24(18-27(25)43-5)19-36-21-33-12-14-34(15-13-33,44-23-33)22-38-31(42)45-32(2,3)4/h9-11,17-18,36H,6-8,12-16,19-23H2,1-5H3,(H,38,42)(H3,35,37,39,40). The van der Waals surface area contributed by atoms with Gasteiger partial charge in [0.05, 0.1) is 31.4 Å². The molecule has 2 saturated heterocycles. The number of carbonyl (C=O) groups excluding carboxylic acids is 1. The first kappa shape index (κ1) is 32.8. The number of unbranched alkanes of at least 4 members (excludes halogenated alkanes) is 2. The Balaban J connectivity index is 1.16. The fourth-order valence-electron chi connectivity index (χ4n) is 6.48. The van der Waals surface area contributed by atoms with Crippen LogP contribution in [0.5, 0.6) is 5.75 Å². The van der Waals surface area contributed by atoms with Crippen molar-refractivity contribution >= 4 is 28.9 Å². The van der Waals surface area contributed by atoms with E-state index < -0.39 is 5.60 Å². The molecule has 3 aliphatic rings. The number of fused-ring (bicyclic) bond motifs is 4. The second-order valence-corrected chi connectivity index (χ2v) is 13.8. The summed E-state index contributed by atoms with van der Waals surface area (Å²) in [7, 11) is 1.72. The monoisotopic (exact) mass is 621 g/mol. The van der Waals surface area contributed by atoms with Crippen molar-refractivity contribution in [2.75, 3.05) is 44.4 Å². The van der Waals surface area contributed by atoms with Crippen LogP contribution in [-0.4, -0.2) is 65.2 Å². The molecule has 1 amide bonds. The molecule has 1 saturated carbocycles. The van der Waals surface area contributed by atoms with E-state index in [-0.39, 0.29) is 23.1 Å². The van der Waals surface area contributed by atoms with E-state index in [0.29, 0.717) is 19.7 Å². The van der Waals surface area contributed by atoms with Crippen molar-refractivity contribution in [3.63, 3.8) is 0 Å². The number of alkyl carbamates (subject to hydrolysis) is 1. The van der Waals surface area contributed by atoms with E-state index in [1.807, 2.05) is 33.0 Å². The minimum absolute atomic E-state index is 0.126. The maximum Gasteiger partial charge on any atom is 0.407 e. The van der Waals surface area contributed by atoms with Gasteiger partial charge in [0.2, 0.25) is 5.95 Å². The zero-order valence-electron chi connectivity index (χ0n) is 27.6. The third-order valence-corrected chi connectivity index (χ3v) is 9.08. The van der Waals surface area contributed by atoms with Gasteiger partial charge in [-0.2, -0.15) is 4.98 Å². The average Bonchev–Trinajstić information content (AvgIpc) is 3.41. The number of hydrogen-bond acceptors (Lipinski definition) is 9. The van der Waals surface area contributed by atoms with Crippen LogP contribution in [0.25, 0.3) is 11.0 Å². The van der Waals surface area contributed by atoms with Crippen molar-refractivity contribution in [3.8, 4) is 5.75 Å². The Bertz CT molecular complexity index is 1440. The lowest BCUT2D eigenvalue weighted by Crippen LogP contribution is -2.58. The van der Waals surface area contributed by atoms with E-state index >= 15 is 0 Å². The molecule has 2 aromatic heterocycles. The Hall–Kier alpha value is -3.57. The number of carbonyl (C=O) groups is 1. The molecule has 3 aromatic rings. The molecule has 5 N–H and O–H groups in total. The van der Waals surface area contributed by atoms with Gasteiger partial charge in [-0.3, -0.25) is 0 Å². The van der Waals surface area contributed by atoms with Gasteiger partial charge in [-0.25, -0.2) is 9.78 Å². The smallest absolute Gasteiger partial charge is 0.407 e. The number of nitrogen functional groups attached to an aromatic ring is 1. The van der Waals surface area contributed by atoms with Crippen LogP contribution in [0, 0.1) is 5.41 Å². The average molecular weight is 622 g/mol. The van der Waals surface area contributed by atoms with Crippen molar-refractivity contribution in [1.82, 2.24) is 25.2 Å². The second-order valence-electron chi connectivity index (χ2n) is 13.8. The van der Waals surface area contributed by atoms with Crippen LogP contribution in [0.3, 0.4) is 0 Å². The predicted octanol–water partition coefficient (Wildman–Crippen LogP) is 5.62. The molecule has 0 radical (unpaired) electrons. The molecular weight excluding hydrogens is 570 g/mol. The number of ether oxygens (including phenoxy) is 3. The molecule has 3 fully saturated rings. The van der Waals surface area contributed by atoms with Gasteiger partial charge in [-0.1, -0.05) is 31.9 Å². The Kier molecular flexibility index (Phi) is 10.1. The summed E-state index contributed by atoms with van der Waals surface area (Å²) in [6, 6.07) is 8.41. The van der Waals surface area contributed by atoms with Crippen LogP contribution < -0.4 is 26.4 Å². The summed E-state index contributed by atoms with van der Waals surface area (Å²) in [6.45, 7) is 12.1. The molecule has 11 heteroatoms. The van der Waals surface area contributed by atoms with Crippen molar-refractivity contribution in [2.24, 2.45) is 5.41 Å². The first-order chi connectivity index (χ1) is 21.5. The van der Waals surface area contributed by atoms with Crippen LogP contribution in [0.4, 0.5) is 16.6 Å². The van der Waals surface area contributed by atoms with Crippen LogP contribution in [-0.2, 0) is 22.6 Å². The molecule has 45 heavy (non-hydrogen) atoms. The van der Waals surface area contributed by atoms with Crippen molar-refractivity contribution in [1.29, 1.82) is 0 Å². The van der Waals surface area contributed by atoms with E-state index in [1.165, 1.54) is 12.0 Å². The Morgan fingerprint density at radius 1 is 1.11 bits per heavy atom. The van der Waals surface area contributed by atoms with Crippen LogP contribution >= 0.6 is 0 Å². The van der Waals surface area contributed by atoms with E-state index in [0.717, 1.165) is 86.3 Å². The van der Waals surface area contributed by atoms with Gasteiger partial charge in [-0.15, -0.1) is 0 Å². The molecule has 2 aliphatic heterocycles. The van der Waals surface area contributed by atoms with E-state index in [1.54, 1.807) is 7.11 Å². The molecule has 6 rings (SSSR count). The molecule has 0 atom stereocenters. The summed E-state index contributed by atoms with van der Waals surface area (Å²) in [4.78, 5) is 21.1. The third-order valence-electron chi connectivity index (χ3n) is 9.08. The van der Waals surface area contributed by atoms with Gasteiger partial charge in [0.1, 0.15) is 16.9 Å². The number of nitrogens with two attached hydrogens (primary N) is 1. The van der Waals surface area contributed by atoms with Gasteiger partial charge >= 0.3 is 6.09 Å². The number of methoxy groups -OCH3 is 1. The summed E-state index contributed by atoms with van der Waals surface area (Å²) in [5.74, 6) is 1.89. The van der Waals surface area contributed by atoms with Gasteiger partial charge in [-0.05, 0) is 70.6 Å². The first-order valence-electron chi connectivity index (χ1n) is 16.4. The van der Waals surface area contributed by atoms with Gasteiger partial charge in [0, 0.05) is 43.4 Å². The van der Waals surface area contributed by atoms with E-state index in [2.05, 4.69) is 55.6 Å². The topological polar surface area (TPSA) is 138 Å². The van der Waals surface area contributed by atoms with Gasteiger partial charge < -0.3 is 40.5 Å². The minimum atomic E-state index is -0.510. The third kappa shape index (κ3) is 8.18. The Morgan fingerprint density at radius 2 is 1.91 bits per heavy atom. The fourth-order valence-corrected chi connectivity index (χ4v) is 6.48. The fraction of sp³-hybridized carbons (Fsp3) is 0.618. The highest BCUT2D eigenvalue weighted by molar-refractivity contribution is 5.87. The molecule has 4 heterocycles. The highest BCUT2D eigenvalue weighted by atomic mass is 16.6. The van der Waals surface area contributed by atoms with E-state index in [9.17, 15) is 4.79 Å². The summed E-state index contributed by atoms with van der Waals surface area (Å²) in [5, 5.41) is 10.1. The largest absolute Gasteiger partial charge is 0.496 e. The maximum atomic E-state index is 12.2. The zero-order valence-corrected chi connectivity index (χ0v) is 27.6. The number of rotatable bonds is 14. The summed E-state index contributed by atoms with van der Waals surface area (Å²) < 4.78 is 19.8. The molecule has 2 bridgehead atoms. The highest BCUT2D eigenvalue weighted by Crippen LogP contribution is 2.48. The number of nitrogens with one attached hydrogen (secondary N) is 3. The molecule has 11 nitrogen and oxygen atoms in total. The van der Waals surface area contributed by atoms with Crippen LogP contribution in [0.2, 0.25) is 0 Å². The van der Waals surface area contributed by atoms with E-state index in [4.69, 9.17) is 19.9 Å². The lowest BCUT2D eigenvalue weighted by atomic mass is 9.66.